The number of hydrogen-bond acceptors (Lipinski definition) is 1. The summed E-state index contributed by atoms with van der Waals surface area (Å²) in [5, 5.41) is 8.35. The molecule has 0 amide bonds. The molecule has 0 spiro atoms. The van der Waals surface area contributed by atoms with Crippen molar-refractivity contribution in [2.45, 2.75) is 0 Å². The molecular formula is C7H9O2. The molecule has 0 bridgehead atoms. The van der Waals surface area contributed by atoms with E-state index in [-0.39, 0.29) is 0 Å². The Morgan fingerprint density at radius 2 is 2.11 bits per heavy atom. The molecule has 9 heavy (non-hydrogen) atoms. The normalized spacial score (nSPS) is 12.0. The van der Waals surface area contributed by atoms with E-state index in [1.165, 1.54) is 18.6 Å². The van der Waals surface area contributed by atoms with E-state index in [0.717, 1.165) is 0 Å². The van der Waals surface area contributed by atoms with Crippen molar-refractivity contribution in [1.29, 1.82) is 0 Å². The molecule has 2 nitrogen and oxygen atoms in total. The van der Waals surface area contributed by atoms with Crippen LogP contribution >= 0.6 is 0 Å². The van der Waals surface area contributed by atoms with Gasteiger partial charge in [-0.2, -0.15) is 0 Å². The van der Waals surface area contributed by atoms with Crippen molar-refractivity contribution >= 4 is 5.97 Å². The molecule has 0 saturated heterocycles. The lowest BCUT2D eigenvalue weighted by Crippen LogP contribution is -2.09. The standard InChI is InChI=1S/C7H9O2/c1-3-5-6(4-2)7(8)9/h3-6H,1-2H2,(H,8,9). The summed E-state index contributed by atoms with van der Waals surface area (Å²) in [4.78, 5) is 10.2. The minimum absolute atomic E-state index is 0.595. The second-order valence-electron chi connectivity index (χ2n) is 1.53. The highest BCUT2D eigenvalue weighted by Crippen LogP contribution is 2.02. The molecule has 49 valence electrons. The van der Waals surface area contributed by atoms with Gasteiger partial charge < -0.3 is 5.11 Å². The number of carbonyl (C=O) groups is 1. The fraction of sp³-hybridized carbons (Fsp3) is 0.143. The van der Waals surface area contributed by atoms with Crippen molar-refractivity contribution in [2.75, 3.05) is 0 Å². The van der Waals surface area contributed by atoms with E-state index >= 15 is 0 Å². The van der Waals surface area contributed by atoms with Crippen molar-refractivity contribution in [3.63, 3.8) is 0 Å². The third kappa shape index (κ3) is 2.69. The summed E-state index contributed by atoms with van der Waals surface area (Å²) in [5.74, 6) is -1.49. The van der Waals surface area contributed by atoms with Gasteiger partial charge in [0.15, 0.2) is 0 Å². The molecule has 0 aromatic heterocycles. The number of hydrogen-bond donors (Lipinski definition) is 1. The lowest BCUT2D eigenvalue weighted by atomic mass is 10.1. The van der Waals surface area contributed by atoms with E-state index in [4.69, 9.17) is 5.11 Å². The Morgan fingerprint density at radius 1 is 1.56 bits per heavy atom. The second-order valence-corrected chi connectivity index (χ2v) is 1.53. The van der Waals surface area contributed by atoms with E-state index in [0.29, 0.717) is 0 Å². The first-order valence-electron chi connectivity index (χ1n) is 2.53. The summed E-state index contributed by atoms with van der Waals surface area (Å²) >= 11 is 0. The average molecular weight is 125 g/mol. The Morgan fingerprint density at radius 3 is 2.22 bits per heavy atom. The van der Waals surface area contributed by atoms with Crippen LogP contribution in [0.4, 0.5) is 0 Å². The summed E-state index contributed by atoms with van der Waals surface area (Å²) in [7, 11) is 0. The average Bonchev–Trinajstić information content (AvgIpc) is 1.82. The maximum Gasteiger partial charge on any atom is 0.310 e. The minimum Gasteiger partial charge on any atom is -0.481 e. The zero-order valence-electron chi connectivity index (χ0n) is 5.08. The van der Waals surface area contributed by atoms with Crippen LogP contribution in [-0.2, 0) is 4.79 Å². The first-order valence-corrected chi connectivity index (χ1v) is 2.53. The molecule has 0 aromatic carbocycles. The predicted molar refractivity (Wildman–Crippen MR) is 35.8 cm³/mol. The van der Waals surface area contributed by atoms with Gasteiger partial charge in [-0.15, -0.1) is 13.2 Å². The van der Waals surface area contributed by atoms with Crippen LogP contribution in [0.2, 0.25) is 0 Å². The Hall–Kier alpha value is -1.05. The second kappa shape index (κ2) is 3.89. The van der Waals surface area contributed by atoms with Crippen LogP contribution < -0.4 is 0 Å². The van der Waals surface area contributed by atoms with Gasteiger partial charge in [0.05, 0.1) is 5.92 Å². The van der Waals surface area contributed by atoms with Crippen molar-refractivity contribution in [1.82, 2.24) is 0 Å². The fourth-order valence-electron chi connectivity index (χ4n) is 0.408. The molecule has 1 unspecified atom stereocenters. The highest BCUT2D eigenvalue weighted by molar-refractivity contribution is 5.74. The smallest absolute Gasteiger partial charge is 0.310 e. The highest BCUT2D eigenvalue weighted by atomic mass is 16.4. The first-order chi connectivity index (χ1) is 4.22. The summed E-state index contributed by atoms with van der Waals surface area (Å²) in [5.41, 5.74) is 0. The predicted octanol–water partition coefficient (Wildman–Crippen LogP) is 1.26. The van der Waals surface area contributed by atoms with Crippen LogP contribution in [0.1, 0.15) is 0 Å². The van der Waals surface area contributed by atoms with Gasteiger partial charge in [0.1, 0.15) is 0 Å². The zero-order valence-corrected chi connectivity index (χ0v) is 5.08. The van der Waals surface area contributed by atoms with Crippen LogP contribution in [0, 0.1) is 12.3 Å². The number of rotatable bonds is 4. The van der Waals surface area contributed by atoms with E-state index in [1.807, 2.05) is 0 Å². The molecule has 0 aliphatic rings. The molecule has 2 heteroatoms. The van der Waals surface area contributed by atoms with Crippen LogP contribution in [-0.4, -0.2) is 11.1 Å². The zero-order chi connectivity index (χ0) is 7.28. The van der Waals surface area contributed by atoms with E-state index < -0.39 is 11.9 Å². The SMILES string of the molecule is C=C[CH]C(C=C)C(=O)O. The molecule has 0 heterocycles. The monoisotopic (exact) mass is 125 g/mol. The molecular weight excluding hydrogens is 116 g/mol. The fourth-order valence-corrected chi connectivity index (χ4v) is 0.408. The Bertz CT molecular complexity index is 127. The van der Waals surface area contributed by atoms with E-state index in [2.05, 4.69) is 13.2 Å². The Balaban J connectivity index is 3.81. The van der Waals surface area contributed by atoms with Gasteiger partial charge in [0.25, 0.3) is 0 Å². The van der Waals surface area contributed by atoms with Gasteiger partial charge in [0, 0.05) is 6.42 Å². The van der Waals surface area contributed by atoms with Gasteiger partial charge >= 0.3 is 5.97 Å². The summed E-state index contributed by atoms with van der Waals surface area (Å²) in [6.07, 6.45) is 4.26. The highest BCUT2D eigenvalue weighted by Gasteiger charge is 2.09. The van der Waals surface area contributed by atoms with E-state index in [9.17, 15) is 4.79 Å². The molecule has 0 fully saturated rings. The largest absolute Gasteiger partial charge is 0.481 e. The van der Waals surface area contributed by atoms with Crippen LogP contribution in [0.15, 0.2) is 25.3 Å². The molecule has 0 aliphatic heterocycles. The number of allylic oxidation sites excluding steroid dienone is 1. The molecule has 0 aromatic rings. The van der Waals surface area contributed by atoms with Crippen molar-refractivity contribution in [3.05, 3.63) is 31.7 Å². The maximum absolute atomic E-state index is 10.2. The summed E-state index contributed by atoms with van der Waals surface area (Å²) in [6, 6.07) is 0. The summed E-state index contributed by atoms with van der Waals surface area (Å²) < 4.78 is 0. The van der Waals surface area contributed by atoms with Crippen LogP contribution in [0.3, 0.4) is 0 Å². The van der Waals surface area contributed by atoms with Gasteiger partial charge in [-0.25, -0.2) is 0 Å². The lowest BCUT2D eigenvalue weighted by molar-refractivity contribution is -0.138. The lowest BCUT2D eigenvalue weighted by Gasteiger charge is -1.99. The van der Waals surface area contributed by atoms with Gasteiger partial charge in [-0.3, -0.25) is 4.79 Å². The molecule has 1 atom stereocenters. The van der Waals surface area contributed by atoms with Gasteiger partial charge in [-0.1, -0.05) is 12.2 Å². The van der Waals surface area contributed by atoms with Gasteiger partial charge in [-0.05, 0) is 0 Å². The molecule has 0 saturated carbocycles. The van der Waals surface area contributed by atoms with Crippen molar-refractivity contribution in [2.24, 2.45) is 5.92 Å². The number of carboxylic acids is 1. The minimum atomic E-state index is -0.898. The first kappa shape index (κ1) is 7.95. The molecule has 1 radical (unpaired) electrons. The summed E-state index contributed by atoms with van der Waals surface area (Å²) in [6.45, 7) is 6.71. The molecule has 1 N–H and O–H groups in total. The van der Waals surface area contributed by atoms with Crippen LogP contribution in [0.5, 0.6) is 0 Å². The van der Waals surface area contributed by atoms with Crippen molar-refractivity contribution in [3.8, 4) is 0 Å². The topological polar surface area (TPSA) is 37.3 Å². The van der Waals surface area contributed by atoms with Crippen molar-refractivity contribution < 1.29 is 9.90 Å². The van der Waals surface area contributed by atoms with Gasteiger partial charge in [0.2, 0.25) is 0 Å². The number of carboxylic acid groups (broad SMARTS) is 1. The third-order valence-corrected chi connectivity index (χ3v) is 0.883. The molecule has 0 rings (SSSR count). The Labute approximate surface area is 54.5 Å². The maximum atomic E-state index is 10.2. The number of aliphatic carboxylic acids is 1. The third-order valence-electron chi connectivity index (χ3n) is 0.883. The molecule has 0 aliphatic carbocycles. The van der Waals surface area contributed by atoms with E-state index in [1.54, 1.807) is 0 Å². The quantitative estimate of drug-likeness (QED) is 0.574. The Kier molecular flexibility index (Phi) is 3.44. The van der Waals surface area contributed by atoms with Crippen LogP contribution in [0.25, 0.3) is 0 Å².